The fraction of sp³-hybridized carbons (Fsp3) is 0.905. The zero-order chi connectivity index (χ0) is 77.3. The summed E-state index contributed by atoms with van der Waals surface area (Å²) in [5.74, 6) is -1.31. The third-order valence-electron chi connectivity index (χ3n) is 16.7. The van der Waals surface area contributed by atoms with Crippen molar-refractivity contribution in [3.05, 3.63) is 0 Å². The van der Waals surface area contributed by atoms with Crippen molar-refractivity contribution in [1.82, 2.24) is 0 Å². The summed E-state index contributed by atoms with van der Waals surface area (Å²) in [5, 5.41) is 0. The number of rotatable bonds is 65. The molecule has 0 heterocycles. The zero-order valence-electron chi connectivity index (χ0n) is 68.6. The summed E-state index contributed by atoms with van der Waals surface area (Å²) in [6, 6.07) is 0. The molecule has 0 aliphatic rings. The van der Waals surface area contributed by atoms with Crippen molar-refractivity contribution in [1.29, 1.82) is 0 Å². The predicted molar refractivity (Wildman–Crippen MR) is 435 cm³/mol. The summed E-state index contributed by atoms with van der Waals surface area (Å²) in [6.07, 6.45) is 76.6. The van der Waals surface area contributed by atoms with Crippen molar-refractivity contribution >= 4 is 47.3 Å². The minimum atomic E-state index is -0.163. The fourth-order valence-corrected chi connectivity index (χ4v) is 10.1. The van der Waals surface area contributed by atoms with Gasteiger partial charge in [0.25, 0.3) is 0 Å². The van der Waals surface area contributed by atoms with Gasteiger partial charge in [-0.3, -0.25) is 38.4 Å². The molecule has 16 nitrogen and oxygen atoms in total. The molecule has 0 aromatic rings. The summed E-state index contributed by atoms with van der Waals surface area (Å²) < 4.78 is 0. The van der Waals surface area contributed by atoms with Gasteiger partial charge in [0.15, 0.2) is 0 Å². The SMILES string of the molecule is CCCC.CCCCCCCCCC(N)=O.CCCCCCCCCC(N)=O.CCCCCCCCCC(N)=O.CCCCCCCCCC(N)=O.CCCCCCCCCC(N)=O.CCCCCCCCCC(N)=O.CCCCCCCCCC(N)=O.CCCCCCCCCC(N)=O. The van der Waals surface area contributed by atoms with Gasteiger partial charge in [0.2, 0.25) is 47.3 Å². The number of nitrogens with two attached hydrogens (primary N) is 8. The monoisotopic (exact) mass is 1430 g/mol. The van der Waals surface area contributed by atoms with Crippen LogP contribution < -0.4 is 45.9 Å². The third-order valence-corrected chi connectivity index (χ3v) is 16.7. The molecular formula is C84H178N8O8. The van der Waals surface area contributed by atoms with E-state index in [1.54, 1.807) is 0 Å². The lowest BCUT2D eigenvalue weighted by Gasteiger charge is -1.98. The Kier molecular flexibility index (Phi) is 129. The molecule has 0 aromatic carbocycles. The average molecular weight is 1430 g/mol. The largest absolute Gasteiger partial charge is 0.370 e. The molecule has 16 heteroatoms. The summed E-state index contributed by atoms with van der Waals surface area (Å²) in [7, 11) is 0. The van der Waals surface area contributed by atoms with Crippen LogP contribution in [-0.4, -0.2) is 47.3 Å². The molecule has 0 saturated carbocycles. The van der Waals surface area contributed by atoms with Crippen molar-refractivity contribution in [2.24, 2.45) is 45.9 Å². The molecule has 8 amide bonds. The molecule has 602 valence electrons. The molecule has 0 spiro atoms. The van der Waals surface area contributed by atoms with Crippen LogP contribution in [0.1, 0.15) is 493 Å². The maximum Gasteiger partial charge on any atom is 0.217 e. The Morgan fingerprint density at radius 1 is 0.120 bits per heavy atom. The Hall–Kier alpha value is -4.24. The number of hydrogen-bond donors (Lipinski definition) is 8. The van der Waals surface area contributed by atoms with Crippen LogP contribution in [0.4, 0.5) is 0 Å². The van der Waals surface area contributed by atoms with Crippen LogP contribution in [0.2, 0.25) is 0 Å². The van der Waals surface area contributed by atoms with Gasteiger partial charge >= 0.3 is 0 Å². The second kappa shape index (κ2) is 113. The molecule has 0 unspecified atom stereocenters. The number of carbonyl (C=O) groups is 8. The first-order chi connectivity index (χ1) is 48.1. The molecule has 0 aliphatic heterocycles. The number of amides is 8. The first-order valence-corrected chi connectivity index (χ1v) is 42.3. The fourth-order valence-electron chi connectivity index (χ4n) is 10.1. The number of carbonyl (C=O) groups excluding carboxylic acids is 8. The van der Waals surface area contributed by atoms with Crippen LogP contribution in [0.5, 0.6) is 0 Å². The van der Waals surface area contributed by atoms with Crippen LogP contribution >= 0.6 is 0 Å². The molecule has 0 fully saturated rings. The van der Waals surface area contributed by atoms with E-state index in [1.807, 2.05) is 0 Å². The van der Waals surface area contributed by atoms with Crippen molar-refractivity contribution < 1.29 is 38.4 Å². The highest BCUT2D eigenvalue weighted by molar-refractivity contribution is 5.75. The van der Waals surface area contributed by atoms with E-state index in [-0.39, 0.29) is 47.3 Å². The second-order valence-corrected chi connectivity index (χ2v) is 27.7. The highest BCUT2D eigenvalue weighted by atomic mass is 16.2. The number of unbranched alkanes of at least 4 members (excludes halogenated alkanes) is 49. The van der Waals surface area contributed by atoms with E-state index in [4.69, 9.17) is 45.9 Å². The summed E-state index contributed by atoms with van der Waals surface area (Å²) >= 11 is 0. The Morgan fingerprint density at radius 2 is 0.190 bits per heavy atom. The summed E-state index contributed by atoms with van der Waals surface area (Å²) in [5.41, 5.74) is 40.1. The van der Waals surface area contributed by atoms with Gasteiger partial charge in [0, 0.05) is 51.4 Å². The molecule has 0 aliphatic carbocycles. The lowest BCUT2D eigenvalue weighted by molar-refractivity contribution is -0.119. The Bertz CT molecular complexity index is 1270. The number of primary amides is 8. The standard InChI is InChI=1S/8C10H21NO.C4H10/c8*1-2-3-4-5-6-7-8-9-10(11)12;1-3-4-2/h8*2-9H2,1H3,(H2,11,12);3-4H2,1-2H3. The van der Waals surface area contributed by atoms with Crippen LogP contribution in [0, 0.1) is 0 Å². The van der Waals surface area contributed by atoms with Crippen molar-refractivity contribution in [2.45, 2.75) is 493 Å². The highest BCUT2D eigenvalue weighted by Crippen LogP contribution is 2.14. The molecule has 0 rings (SSSR count). The molecular weight excluding hydrogens is 1250 g/mol. The average Bonchev–Trinajstić information content (AvgIpc) is 3.78. The highest BCUT2D eigenvalue weighted by Gasteiger charge is 2.01. The number of hydrogen-bond acceptors (Lipinski definition) is 8. The van der Waals surface area contributed by atoms with Crippen LogP contribution in [-0.2, 0) is 38.4 Å². The Morgan fingerprint density at radius 3 is 0.250 bits per heavy atom. The zero-order valence-corrected chi connectivity index (χ0v) is 68.6. The quantitative estimate of drug-likeness (QED) is 0.0270. The minimum absolute atomic E-state index is 0.163. The molecule has 0 aromatic heterocycles. The normalized spacial score (nSPS) is 9.98. The molecule has 16 N–H and O–H groups in total. The van der Waals surface area contributed by atoms with Gasteiger partial charge in [-0.05, 0) is 51.4 Å². The van der Waals surface area contributed by atoms with E-state index >= 15 is 0 Å². The lowest BCUT2D eigenvalue weighted by Crippen LogP contribution is -2.09. The van der Waals surface area contributed by atoms with Gasteiger partial charge in [-0.2, -0.15) is 0 Å². The van der Waals surface area contributed by atoms with E-state index < -0.39 is 0 Å². The van der Waals surface area contributed by atoms with Gasteiger partial charge in [-0.15, -0.1) is 0 Å². The third kappa shape index (κ3) is 171. The smallest absolute Gasteiger partial charge is 0.217 e. The van der Waals surface area contributed by atoms with Gasteiger partial charge in [0.1, 0.15) is 0 Å². The molecule has 0 saturated heterocycles. The Balaban J connectivity index is -0.000000134. The van der Waals surface area contributed by atoms with Crippen molar-refractivity contribution in [3.63, 3.8) is 0 Å². The first-order valence-electron chi connectivity index (χ1n) is 42.3. The van der Waals surface area contributed by atoms with E-state index in [2.05, 4.69) is 69.2 Å². The van der Waals surface area contributed by atoms with Gasteiger partial charge < -0.3 is 45.9 Å². The van der Waals surface area contributed by atoms with Crippen LogP contribution in [0.15, 0.2) is 0 Å². The van der Waals surface area contributed by atoms with E-state index in [0.717, 1.165) is 103 Å². The van der Waals surface area contributed by atoms with Gasteiger partial charge in [-0.1, -0.05) is 390 Å². The van der Waals surface area contributed by atoms with Crippen molar-refractivity contribution in [3.8, 4) is 0 Å². The van der Waals surface area contributed by atoms with Crippen LogP contribution in [0.3, 0.4) is 0 Å². The summed E-state index contributed by atoms with van der Waals surface area (Å²) in [4.78, 5) is 82.9. The minimum Gasteiger partial charge on any atom is -0.370 e. The maximum absolute atomic E-state index is 10.4. The maximum atomic E-state index is 10.4. The van der Waals surface area contributed by atoms with Gasteiger partial charge in [-0.25, -0.2) is 0 Å². The molecule has 0 atom stereocenters. The first kappa shape index (κ1) is 114. The van der Waals surface area contributed by atoms with E-state index in [0.29, 0.717) is 51.4 Å². The van der Waals surface area contributed by atoms with E-state index in [9.17, 15) is 38.4 Å². The predicted octanol–water partition coefficient (Wildman–Crippen LogP) is 22.7. The molecule has 0 bridgehead atoms. The van der Waals surface area contributed by atoms with Gasteiger partial charge in [0.05, 0.1) is 0 Å². The topological polar surface area (TPSA) is 345 Å². The van der Waals surface area contributed by atoms with E-state index in [1.165, 1.54) is 270 Å². The molecule has 100 heavy (non-hydrogen) atoms. The molecule has 0 radical (unpaired) electrons. The second-order valence-electron chi connectivity index (χ2n) is 27.7. The van der Waals surface area contributed by atoms with Crippen LogP contribution in [0.25, 0.3) is 0 Å². The van der Waals surface area contributed by atoms with Crippen molar-refractivity contribution in [2.75, 3.05) is 0 Å². The lowest BCUT2D eigenvalue weighted by atomic mass is 10.1. The Labute approximate surface area is 621 Å². The summed E-state index contributed by atoms with van der Waals surface area (Å²) in [6.45, 7) is 22.1.